The van der Waals surface area contributed by atoms with E-state index in [0.29, 0.717) is 0 Å². The van der Waals surface area contributed by atoms with Gasteiger partial charge in [0, 0.05) is 0 Å². The molecular formula is C18H19F5O6. The van der Waals surface area contributed by atoms with E-state index >= 15 is 0 Å². The lowest BCUT2D eigenvalue weighted by atomic mass is 10.1. The molecule has 3 fully saturated rings. The van der Waals surface area contributed by atoms with Gasteiger partial charge in [0.2, 0.25) is 41.1 Å². The maximum Gasteiger partial charge on any atom is 0.229 e. The summed E-state index contributed by atoms with van der Waals surface area (Å²) in [5, 5.41) is 0. The number of ether oxygens (including phenoxy) is 6. The molecule has 1 aromatic carbocycles. The number of hydrogen-bond acceptors (Lipinski definition) is 6. The zero-order valence-corrected chi connectivity index (χ0v) is 15.9. The van der Waals surface area contributed by atoms with Gasteiger partial charge in [-0.1, -0.05) is 0 Å². The Labute approximate surface area is 162 Å². The maximum atomic E-state index is 14.0. The van der Waals surface area contributed by atoms with Crippen LogP contribution in [-0.4, -0.2) is 48.9 Å². The summed E-state index contributed by atoms with van der Waals surface area (Å²) in [6.45, 7) is 6.73. The second kappa shape index (κ2) is 6.74. The first kappa shape index (κ1) is 20.7. The minimum atomic E-state index is -2.28. The Bertz CT molecular complexity index is 802. The van der Waals surface area contributed by atoms with E-state index in [1.807, 2.05) is 0 Å². The van der Waals surface area contributed by atoms with Gasteiger partial charge in [-0.05, 0) is 27.7 Å². The molecule has 0 unspecified atom stereocenters. The summed E-state index contributed by atoms with van der Waals surface area (Å²) in [5.74, 6) is -14.2. The van der Waals surface area contributed by atoms with Crippen molar-refractivity contribution in [2.75, 3.05) is 6.61 Å². The van der Waals surface area contributed by atoms with E-state index in [-0.39, 0.29) is 6.61 Å². The Hall–Kier alpha value is -1.53. The van der Waals surface area contributed by atoms with Crippen LogP contribution in [0.3, 0.4) is 0 Å². The molecule has 0 radical (unpaired) electrons. The van der Waals surface area contributed by atoms with Gasteiger partial charge in [-0.2, -0.15) is 8.78 Å². The third kappa shape index (κ3) is 3.48. The minimum absolute atomic E-state index is 0.139. The molecule has 11 heteroatoms. The van der Waals surface area contributed by atoms with E-state index in [2.05, 4.69) is 0 Å². The van der Waals surface area contributed by atoms with Crippen LogP contribution < -0.4 is 4.74 Å². The van der Waals surface area contributed by atoms with Crippen molar-refractivity contribution < 1.29 is 50.4 Å². The van der Waals surface area contributed by atoms with Crippen LogP contribution in [0.25, 0.3) is 0 Å². The predicted molar refractivity (Wildman–Crippen MR) is 84.3 cm³/mol. The van der Waals surface area contributed by atoms with Crippen LogP contribution in [0.15, 0.2) is 0 Å². The van der Waals surface area contributed by atoms with Gasteiger partial charge in [0.05, 0.1) is 6.61 Å². The molecule has 4 rings (SSSR count). The molecule has 3 aliphatic heterocycles. The first-order valence-electron chi connectivity index (χ1n) is 8.91. The Balaban J connectivity index is 1.63. The Kier molecular flexibility index (Phi) is 4.82. The molecular weight excluding hydrogens is 407 g/mol. The lowest BCUT2D eigenvalue weighted by Crippen LogP contribution is -2.40. The maximum absolute atomic E-state index is 14.0. The standard InChI is InChI=1S/C18H19F5O6/c1-17(2)24-5-6(27-17)12-14-15(29-18(3,4)28-14)16(25-12)26-13-10(22)8(20)7(19)9(21)11(13)23/h6,12,14-16H,5H2,1-4H3/t6-,12-,14+,15+,16+/m1/s1. The van der Waals surface area contributed by atoms with Crippen molar-refractivity contribution in [2.24, 2.45) is 0 Å². The van der Waals surface area contributed by atoms with Crippen LogP contribution in [0.1, 0.15) is 27.7 Å². The topological polar surface area (TPSA) is 55.4 Å². The second-order valence-corrected chi connectivity index (χ2v) is 7.92. The molecule has 0 spiro atoms. The predicted octanol–water partition coefficient (Wildman–Crippen LogP) is 3.16. The smallest absolute Gasteiger partial charge is 0.229 e. The first-order chi connectivity index (χ1) is 13.4. The Morgan fingerprint density at radius 1 is 0.724 bits per heavy atom. The van der Waals surface area contributed by atoms with Crippen molar-refractivity contribution in [3.05, 3.63) is 29.1 Å². The second-order valence-electron chi connectivity index (χ2n) is 7.92. The normalized spacial score (nSPS) is 35.1. The molecule has 5 atom stereocenters. The summed E-state index contributed by atoms with van der Waals surface area (Å²) in [4.78, 5) is 0. The largest absolute Gasteiger partial charge is 0.456 e. The van der Waals surface area contributed by atoms with Gasteiger partial charge in [-0.25, -0.2) is 13.2 Å². The average Bonchev–Trinajstić information content (AvgIpc) is 3.25. The monoisotopic (exact) mass is 426 g/mol. The zero-order valence-electron chi connectivity index (χ0n) is 15.9. The lowest BCUT2D eigenvalue weighted by molar-refractivity contribution is -0.230. The van der Waals surface area contributed by atoms with E-state index in [0.717, 1.165) is 0 Å². The van der Waals surface area contributed by atoms with Crippen molar-refractivity contribution in [3.63, 3.8) is 0 Å². The highest BCUT2D eigenvalue weighted by molar-refractivity contribution is 5.30. The first-order valence-corrected chi connectivity index (χ1v) is 8.91. The van der Waals surface area contributed by atoms with Crippen LogP contribution in [0.5, 0.6) is 5.75 Å². The van der Waals surface area contributed by atoms with Crippen LogP contribution in [0.4, 0.5) is 22.0 Å². The number of fused-ring (bicyclic) bond motifs is 1. The zero-order chi connectivity index (χ0) is 21.3. The van der Waals surface area contributed by atoms with Gasteiger partial charge in [-0.3, -0.25) is 0 Å². The lowest BCUT2D eigenvalue weighted by Gasteiger charge is -2.27. The highest BCUT2D eigenvalue weighted by atomic mass is 19.2. The van der Waals surface area contributed by atoms with Gasteiger partial charge in [0.25, 0.3) is 0 Å². The Morgan fingerprint density at radius 3 is 1.83 bits per heavy atom. The quantitative estimate of drug-likeness (QED) is 0.421. The summed E-state index contributed by atoms with van der Waals surface area (Å²) < 4.78 is 102. The van der Waals surface area contributed by atoms with E-state index in [1.165, 1.54) is 0 Å². The molecule has 3 saturated heterocycles. The molecule has 1 aromatic rings. The summed E-state index contributed by atoms with van der Waals surface area (Å²) in [5.41, 5.74) is 0. The molecule has 0 aromatic heterocycles. The highest BCUT2D eigenvalue weighted by Crippen LogP contribution is 2.43. The minimum Gasteiger partial charge on any atom is -0.456 e. The summed E-state index contributed by atoms with van der Waals surface area (Å²) in [6.07, 6.45) is -4.74. The van der Waals surface area contributed by atoms with E-state index in [1.54, 1.807) is 27.7 Å². The molecule has 6 nitrogen and oxygen atoms in total. The third-order valence-electron chi connectivity index (χ3n) is 4.85. The van der Waals surface area contributed by atoms with E-state index in [9.17, 15) is 22.0 Å². The molecule has 0 aliphatic carbocycles. The molecule has 0 saturated carbocycles. The van der Waals surface area contributed by atoms with Gasteiger partial charge >= 0.3 is 0 Å². The summed E-state index contributed by atoms with van der Waals surface area (Å²) in [6, 6.07) is 0. The van der Waals surface area contributed by atoms with Gasteiger partial charge in [0.1, 0.15) is 18.3 Å². The number of rotatable bonds is 3. The molecule has 162 valence electrons. The van der Waals surface area contributed by atoms with E-state index < -0.39 is 77.1 Å². The van der Waals surface area contributed by atoms with Crippen LogP contribution in [0, 0.1) is 29.1 Å². The molecule has 0 bridgehead atoms. The van der Waals surface area contributed by atoms with Crippen LogP contribution in [0.2, 0.25) is 0 Å². The Morgan fingerprint density at radius 2 is 1.28 bits per heavy atom. The van der Waals surface area contributed by atoms with Gasteiger partial charge in [-0.15, -0.1) is 0 Å². The summed E-state index contributed by atoms with van der Waals surface area (Å²) in [7, 11) is 0. The number of halogens is 5. The van der Waals surface area contributed by atoms with Crippen LogP contribution in [-0.2, 0) is 23.7 Å². The van der Waals surface area contributed by atoms with Gasteiger partial charge < -0.3 is 28.4 Å². The van der Waals surface area contributed by atoms with Crippen molar-refractivity contribution in [2.45, 2.75) is 70.0 Å². The molecule has 0 N–H and O–H groups in total. The fourth-order valence-corrected chi connectivity index (χ4v) is 3.67. The number of benzene rings is 1. The van der Waals surface area contributed by atoms with Crippen LogP contribution >= 0.6 is 0 Å². The molecule has 3 aliphatic rings. The van der Waals surface area contributed by atoms with E-state index in [4.69, 9.17) is 28.4 Å². The van der Waals surface area contributed by atoms with Crippen molar-refractivity contribution >= 4 is 0 Å². The fraction of sp³-hybridized carbons (Fsp3) is 0.667. The molecule has 29 heavy (non-hydrogen) atoms. The molecule has 3 heterocycles. The van der Waals surface area contributed by atoms with Crippen molar-refractivity contribution in [1.82, 2.24) is 0 Å². The number of hydrogen-bond donors (Lipinski definition) is 0. The van der Waals surface area contributed by atoms with Crippen molar-refractivity contribution in [3.8, 4) is 5.75 Å². The third-order valence-corrected chi connectivity index (χ3v) is 4.85. The highest BCUT2D eigenvalue weighted by Gasteiger charge is 2.60. The van der Waals surface area contributed by atoms with Crippen molar-refractivity contribution in [1.29, 1.82) is 0 Å². The fourth-order valence-electron chi connectivity index (χ4n) is 3.67. The average molecular weight is 426 g/mol. The SMILES string of the molecule is CC1(C)O[C@@H]2[C@H](O1)[C@H](Oc1c(F)c(F)c(F)c(F)c1F)O[C@@H]2[C@H]1COC(C)(C)O1. The summed E-state index contributed by atoms with van der Waals surface area (Å²) >= 11 is 0. The molecule has 0 amide bonds. The van der Waals surface area contributed by atoms with Gasteiger partial charge in [0.15, 0.2) is 17.7 Å².